The maximum atomic E-state index is 4.05. The molecule has 1 nitrogen and oxygen atoms in total. The van der Waals surface area contributed by atoms with E-state index < -0.39 is 0 Å². The van der Waals surface area contributed by atoms with Crippen molar-refractivity contribution in [3.05, 3.63) is 0 Å². The van der Waals surface area contributed by atoms with Gasteiger partial charge in [-0.05, 0) is 77.0 Å². The Kier molecular flexibility index (Phi) is 3.87. The average molecular weight is 237 g/mol. The Labute approximate surface area is 108 Å². The molecule has 1 heteroatoms. The molecule has 0 spiro atoms. The Morgan fingerprint density at radius 1 is 0.706 bits per heavy atom. The highest BCUT2D eigenvalue weighted by atomic mass is 15.0. The van der Waals surface area contributed by atoms with E-state index in [4.69, 9.17) is 0 Å². The van der Waals surface area contributed by atoms with Crippen molar-refractivity contribution >= 4 is 0 Å². The molecule has 100 valence electrons. The van der Waals surface area contributed by atoms with Gasteiger partial charge in [-0.3, -0.25) is 0 Å². The number of nitrogens with one attached hydrogen (secondary N) is 1. The number of hydrogen-bond donors (Lipinski definition) is 1. The van der Waals surface area contributed by atoms with Crippen molar-refractivity contribution < 1.29 is 0 Å². The zero-order valence-electron chi connectivity index (χ0n) is 12.3. The summed E-state index contributed by atoms with van der Waals surface area (Å²) in [7, 11) is 0. The number of hydrogen-bond acceptors (Lipinski definition) is 1. The Hall–Kier alpha value is -0.0400. The molecule has 2 aliphatic carbocycles. The van der Waals surface area contributed by atoms with Gasteiger partial charge in [0.25, 0.3) is 0 Å². The molecule has 2 aliphatic rings. The molecule has 17 heavy (non-hydrogen) atoms. The normalized spacial score (nSPS) is 48.0. The first-order chi connectivity index (χ1) is 7.91. The van der Waals surface area contributed by atoms with Gasteiger partial charge < -0.3 is 5.32 Å². The minimum atomic E-state index is 0.418. The van der Waals surface area contributed by atoms with Crippen LogP contribution in [0.25, 0.3) is 0 Å². The lowest BCUT2D eigenvalue weighted by Crippen LogP contribution is -2.57. The molecule has 0 heterocycles. The van der Waals surface area contributed by atoms with Crippen molar-refractivity contribution in [2.45, 2.75) is 90.1 Å². The van der Waals surface area contributed by atoms with E-state index in [1.54, 1.807) is 0 Å². The van der Waals surface area contributed by atoms with Crippen LogP contribution in [0, 0.1) is 11.8 Å². The fraction of sp³-hybridized carbons (Fsp3) is 1.00. The molecule has 0 atom stereocenters. The quantitative estimate of drug-likeness (QED) is 0.745. The predicted octanol–water partition coefficient (Wildman–Crippen LogP) is 4.51. The Balaban J connectivity index is 1.91. The molecule has 0 aliphatic heterocycles. The van der Waals surface area contributed by atoms with Gasteiger partial charge in [0, 0.05) is 11.1 Å². The minimum Gasteiger partial charge on any atom is -0.306 e. The summed E-state index contributed by atoms with van der Waals surface area (Å²) < 4.78 is 0. The summed E-state index contributed by atoms with van der Waals surface area (Å²) in [6.45, 7) is 9.73. The molecule has 0 unspecified atom stereocenters. The van der Waals surface area contributed by atoms with Crippen molar-refractivity contribution in [3.8, 4) is 0 Å². The summed E-state index contributed by atoms with van der Waals surface area (Å²) in [4.78, 5) is 0. The predicted molar refractivity (Wildman–Crippen MR) is 75.2 cm³/mol. The SMILES string of the molecule is CC1CCC(C)(NC2(C)CCC(C)CC2)CC1. The maximum absolute atomic E-state index is 4.05. The van der Waals surface area contributed by atoms with Gasteiger partial charge in [-0.15, -0.1) is 0 Å². The third-order valence-electron chi connectivity index (χ3n) is 5.36. The molecule has 0 aromatic rings. The van der Waals surface area contributed by atoms with Crippen LogP contribution in [0.5, 0.6) is 0 Å². The van der Waals surface area contributed by atoms with Gasteiger partial charge >= 0.3 is 0 Å². The van der Waals surface area contributed by atoms with Crippen LogP contribution in [0.1, 0.15) is 79.1 Å². The molecule has 0 radical (unpaired) electrons. The first-order valence-electron chi connectivity index (χ1n) is 7.70. The second-order valence-corrected chi connectivity index (χ2v) is 7.61. The summed E-state index contributed by atoms with van der Waals surface area (Å²) in [6, 6.07) is 0. The van der Waals surface area contributed by atoms with Crippen molar-refractivity contribution in [2.75, 3.05) is 0 Å². The zero-order valence-corrected chi connectivity index (χ0v) is 12.3. The largest absolute Gasteiger partial charge is 0.306 e. The van der Waals surface area contributed by atoms with Gasteiger partial charge in [-0.1, -0.05) is 13.8 Å². The molecular weight excluding hydrogens is 206 g/mol. The van der Waals surface area contributed by atoms with Gasteiger partial charge in [0.15, 0.2) is 0 Å². The lowest BCUT2D eigenvalue weighted by atomic mass is 9.73. The number of rotatable bonds is 2. The standard InChI is InChI=1S/C16H31N/c1-13-5-9-15(3,10-6-13)17-16(4)11-7-14(2)8-12-16/h13-14,17H,5-12H2,1-4H3. The van der Waals surface area contributed by atoms with Crippen molar-refractivity contribution in [1.29, 1.82) is 0 Å². The Morgan fingerprint density at radius 2 is 1.00 bits per heavy atom. The van der Waals surface area contributed by atoms with Crippen LogP contribution in [-0.4, -0.2) is 11.1 Å². The minimum absolute atomic E-state index is 0.418. The van der Waals surface area contributed by atoms with Crippen molar-refractivity contribution in [3.63, 3.8) is 0 Å². The molecular formula is C16H31N. The van der Waals surface area contributed by atoms with Crippen LogP contribution in [0.4, 0.5) is 0 Å². The van der Waals surface area contributed by atoms with Crippen LogP contribution in [-0.2, 0) is 0 Å². The smallest absolute Gasteiger partial charge is 0.0158 e. The average Bonchev–Trinajstić information content (AvgIpc) is 2.28. The maximum Gasteiger partial charge on any atom is 0.0158 e. The highest BCUT2D eigenvalue weighted by Crippen LogP contribution is 2.37. The molecule has 0 bridgehead atoms. The molecule has 2 fully saturated rings. The van der Waals surface area contributed by atoms with Crippen LogP contribution in [0.3, 0.4) is 0 Å². The van der Waals surface area contributed by atoms with E-state index in [0.717, 1.165) is 11.8 Å². The molecule has 2 rings (SSSR count). The molecule has 2 saturated carbocycles. The lowest BCUT2D eigenvalue weighted by Gasteiger charge is -2.47. The fourth-order valence-corrected chi connectivity index (χ4v) is 3.78. The van der Waals surface area contributed by atoms with Gasteiger partial charge in [-0.2, -0.15) is 0 Å². The summed E-state index contributed by atoms with van der Waals surface area (Å²) in [6.07, 6.45) is 11.1. The van der Waals surface area contributed by atoms with Crippen LogP contribution in [0.15, 0.2) is 0 Å². The molecule has 0 saturated heterocycles. The van der Waals surface area contributed by atoms with Crippen LogP contribution >= 0.6 is 0 Å². The molecule has 1 N–H and O–H groups in total. The summed E-state index contributed by atoms with van der Waals surface area (Å²) >= 11 is 0. The first kappa shape index (κ1) is 13.4. The Bertz CT molecular complexity index is 216. The van der Waals surface area contributed by atoms with Gasteiger partial charge in [0.2, 0.25) is 0 Å². The van der Waals surface area contributed by atoms with E-state index in [1.165, 1.54) is 51.4 Å². The molecule has 0 aromatic heterocycles. The Morgan fingerprint density at radius 3 is 1.29 bits per heavy atom. The van der Waals surface area contributed by atoms with E-state index in [2.05, 4.69) is 33.0 Å². The van der Waals surface area contributed by atoms with Gasteiger partial charge in [-0.25, -0.2) is 0 Å². The topological polar surface area (TPSA) is 12.0 Å². The van der Waals surface area contributed by atoms with E-state index in [-0.39, 0.29) is 0 Å². The second kappa shape index (κ2) is 4.91. The van der Waals surface area contributed by atoms with Gasteiger partial charge in [0.05, 0.1) is 0 Å². The first-order valence-corrected chi connectivity index (χ1v) is 7.70. The van der Waals surface area contributed by atoms with Crippen molar-refractivity contribution in [2.24, 2.45) is 11.8 Å². The summed E-state index contributed by atoms with van der Waals surface area (Å²) in [5.74, 6) is 1.90. The van der Waals surface area contributed by atoms with E-state index >= 15 is 0 Å². The summed E-state index contributed by atoms with van der Waals surface area (Å²) in [5.41, 5.74) is 0.837. The highest BCUT2D eigenvalue weighted by Gasteiger charge is 2.37. The summed E-state index contributed by atoms with van der Waals surface area (Å²) in [5, 5.41) is 4.05. The van der Waals surface area contributed by atoms with Gasteiger partial charge in [0.1, 0.15) is 0 Å². The van der Waals surface area contributed by atoms with E-state index in [9.17, 15) is 0 Å². The van der Waals surface area contributed by atoms with Crippen molar-refractivity contribution in [1.82, 2.24) is 5.32 Å². The monoisotopic (exact) mass is 237 g/mol. The van der Waals surface area contributed by atoms with E-state index in [0.29, 0.717) is 11.1 Å². The third kappa shape index (κ3) is 3.47. The van der Waals surface area contributed by atoms with E-state index in [1.807, 2.05) is 0 Å². The second-order valence-electron chi connectivity index (χ2n) is 7.61. The van der Waals surface area contributed by atoms with Crippen LogP contribution < -0.4 is 5.32 Å². The molecule has 0 aromatic carbocycles. The fourth-order valence-electron chi connectivity index (χ4n) is 3.78. The third-order valence-corrected chi connectivity index (χ3v) is 5.36. The lowest BCUT2D eigenvalue weighted by molar-refractivity contribution is 0.118. The highest BCUT2D eigenvalue weighted by molar-refractivity contribution is 4.97. The van der Waals surface area contributed by atoms with Crippen LogP contribution in [0.2, 0.25) is 0 Å². The zero-order chi connectivity index (χ0) is 12.5. The molecule has 0 amide bonds.